The van der Waals surface area contributed by atoms with Gasteiger partial charge in [-0.3, -0.25) is 4.79 Å². The largest absolute Gasteiger partial charge is 0.349 e. The molecule has 0 spiro atoms. The van der Waals surface area contributed by atoms with Crippen LogP contribution >= 0.6 is 11.8 Å². The Labute approximate surface area is 165 Å². The van der Waals surface area contributed by atoms with Crippen LogP contribution in [0.4, 0.5) is 0 Å². The number of carbonyl (C=O) groups excluding carboxylic acids is 1. The van der Waals surface area contributed by atoms with Crippen molar-refractivity contribution in [2.45, 2.75) is 45.3 Å². The molecule has 0 atom stereocenters. The minimum atomic E-state index is -0.156. The first-order valence-corrected chi connectivity index (χ1v) is 9.82. The lowest BCUT2D eigenvalue weighted by Gasteiger charge is -2.10. The predicted molar refractivity (Wildman–Crippen MR) is 113 cm³/mol. The van der Waals surface area contributed by atoms with Gasteiger partial charge in [0.15, 0.2) is 5.16 Å². The van der Waals surface area contributed by atoms with Crippen LogP contribution in [0.25, 0.3) is 12.2 Å². The van der Waals surface area contributed by atoms with Crippen LogP contribution < -0.4 is 15.9 Å². The van der Waals surface area contributed by atoms with Crippen LogP contribution in [0.3, 0.4) is 0 Å². The number of hydrogen-bond acceptors (Lipinski definition) is 5. The van der Waals surface area contributed by atoms with Gasteiger partial charge in [0.05, 0.1) is 5.35 Å². The highest BCUT2D eigenvalue weighted by Crippen LogP contribution is 2.10. The highest BCUT2D eigenvalue weighted by Gasteiger charge is 2.12. The highest BCUT2D eigenvalue weighted by atomic mass is 32.2. The van der Waals surface area contributed by atoms with Crippen LogP contribution in [0.2, 0.25) is 0 Å². The summed E-state index contributed by atoms with van der Waals surface area (Å²) in [6, 6.07) is 1.93. The van der Waals surface area contributed by atoms with Crippen molar-refractivity contribution in [3.63, 3.8) is 0 Å². The maximum atomic E-state index is 12.4. The van der Waals surface area contributed by atoms with E-state index >= 15 is 0 Å². The second-order valence-electron chi connectivity index (χ2n) is 5.93. The van der Waals surface area contributed by atoms with E-state index < -0.39 is 0 Å². The van der Waals surface area contributed by atoms with Crippen LogP contribution in [0.1, 0.15) is 49.3 Å². The van der Waals surface area contributed by atoms with E-state index in [4.69, 9.17) is 0 Å². The van der Waals surface area contributed by atoms with Crippen molar-refractivity contribution in [2.24, 2.45) is 0 Å². The fourth-order valence-corrected chi connectivity index (χ4v) is 2.86. The summed E-state index contributed by atoms with van der Waals surface area (Å²) in [6.45, 7) is 7.78. The number of nitrogens with zero attached hydrogens (tertiary/aromatic N) is 3. The van der Waals surface area contributed by atoms with Crippen molar-refractivity contribution in [1.82, 2.24) is 20.3 Å². The van der Waals surface area contributed by atoms with Gasteiger partial charge in [-0.2, -0.15) is 0 Å². The quantitative estimate of drug-likeness (QED) is 0.488. The molecule has 0 bridgehead atoms. The number of carbonyl (C=O) groups is 1. The van der Waals surface area contributed by atoms with Crippen molar-refractivity contribution in [2.75, 3.05) is 6.26 Å². The van der Waals surface area contributed by atoms with Crippen molar-refractivity contribution in [3.8, 4) is 12.8 Å². The molecule has 1 amide bonds. The summed E-state index contributed by atoms with van der Waals surface area (Å²) in [7, 11) is 0. The Kier molecular flexibility index (Phi) is 9.24. The lowest BCUT2D eigenvalue weighted by molar-refractivity contribution is 0.0937. The van der Waals surface area contributed by atoms with Gasteiger partial charge in [-0.1, -0.05) is 23.9 Å². The smallest absolute Gasteiger partial charge is 0.270 e. The fourth-order valence-electron chi connectivity index (χ4n) is 2.54. The summed E-state index contributed by atoms with van der Waals surface area (Å²) in [5, 5.41) is 5.51. The molecule has 0 radical (unpaired) electrons. The Balaban J connectivity index is 0.00000176. The minimum absolute atomic E-state index is 0.0664. The van der Waals surface area contributed by atoms with Gasteiger partial charge in [-0.25, -0.2) is 15.0 Å². The van der Waals surface area contributed by atoms with Gasteiger partial charge in [-0.15, -0.1) is 12.8 Å². The molecule has 6 heteroatoms. The molecule has 1 N–H and O–H groups in total. The molecule has 27 heavy (non-hydrogen) atoms. The van der Waals surface area contributed by atoms with E-state index in [0.29, 0.717) is 12.1 Å². The molecular formula is C21H26N4OS. The van der Waals surface area contributed by atoms with E-state index in [9.17, 15) is 4.79 Å². The molecule has 2 rings (SSSR count). The van der Waals surface area contributed by atoms with Crippen molar-refractivity contribution in [1.29, 1.82) is 0 Å². The van der Waals surface area contributed by atoms with Crippen LogP contribution in [0.15, 0.2) is 23.6 Å². The Morgan fingerprint density at radius 3 is 2.33 bits per heavy atom. The molecule has 142 valence electrons. The molecule has 5 nitrogen and oxygen atoms in total. The van der Waals surface area contributed by atoms with Crippen molar-refractivity contribution in [3.05, 3.63) is 45.8 Å². The summed E-state index contributed by atoms with van der Waals surface area (Å²) in [5.41, 5.74) is 2.48. The molecule has 2 aromatic heterocycles. The van der Waals surface area contributed by atoms with Gasteiger partial charge < -0.3 is 5.32 Å². The molecule has 2 aromatic rings. The van der Waals surface area contributed by atoms with Gasteiger partial charge in [0.25, 0.3) is 5.91 Å². The van der Waals surface area contributed by atoms with E-state index in [2.05, 4.69) is 33.1 Å². The average molecular weight is 383 g/mol. The summed E-state index contributed by atoms with van der Waals surface area (Å²) in [6.07, 6.45) is 18.2. The molecule has 0 unspecified atom stereocenters. The third-order valence-electron chi connectivity index (χ3n) is 3.65. The Morgan fingerprint density at radius 1 is 1.22 bits per heavy atom. The molecule has 0 saturated carbocycles. The Hall–Kier alpha value is -2.65. The average Bonchev–Trinajstić information content (AvgIpc) is 2.68. The summed E-state index contributed by atoms with van der Waals surface area (Å²) >= 11 is 1.51. The Morgan fingerprint density at radius 2 is 1.85 bits per heavy atom. The zero-order chi connectivity index (χ0) is 20.4. The highest BCUT2D eigenvalue weighted by molar-refractivity contribution is 7.98. The van der Waals surface area contributed by atoms with Crippen LogP contribution in [-0.2, 0) is 6.42 Å². The van der Waals surface area contributed by atoms with Gasteiger partial charge in [0.2, 0.25) is 0 Å². The first-order valence-electron chi connectivity index (χ1n) is 8.60. The standard InChI is InChI=1S/C19H24N4OS.C2H2/c1-6-15-14(8-13-10-20-19(25-5)21-11-13)9-17(23-16(15)7-2)18(24)22-12(3)4;1-2/h6-7,9-12H,8H2,1-5H3,(H,22,24);1-2H/b15-6-,16-7+;. The maximum absolute atomic E-state index is 12.4. The summed E-state index contributed by atoms with van der Waals surface area (Å²) < 4.78 is 0. The molecular weight excluding hydrogens is 356 g/mol. The molecule has 0 saturated heterocycles. The number of terminal acetylenes is 1. The van der Waals surface area contributed by atoms with Crippen molar-refractivity contribution >= 4 is 29.8 Å². The SMILES string of the molecule is C#C.C/C=c1/c(Cc2cnc(SC)nc2)cc(C(=O)NC(C)C)n/c1=C/C. The fraction of sp³-hybridized carbons (Fsp3) is 0.333. The zero-order valence-corrected chi connectivity index (χ0v) is 17.3. The molecule has 0 aliphatic rings. The number of pyridine rings is 1. The van der Waals surface area contributed by atoms with Crippen molar-refractivity contribution < 1.29 is 4.79 Å². The van der Waals surface area contributed by atoms with E-state index in [1.165, 1.54) is 11.8 Å². The molecule has 0 aromatic carbocycles. The minimum Gasteiger partial charge on any atom is -0.349 e. The van der Waals surface area contributed by atoms with E-state index in [-0.39, 0.29) is 11.9 Å². The molecule has 2 heterocycles. The second kappa shape index (κ2) is 11.1. The van der Waals surface area contributed by atoms with Gasteiger partial charge >= 0.3 is 0 Å². The van der Waals surface area contributed by atoms with E-state index in [1.54, 1.807) is 0 Å². The number of amides is 1. The van der Waals surface area contributed by atoms with Crippen LogP contribution in [0.5, 0.6) is 0 Å². The number of nitrogens with one attached hydrogen (secondary N) is 1. The first-order chi connectivity index (χ1) is 13.0. The van der Waals surface area contributed by atoms with E-state index in [0.717, 1.165) is 26.9 Å². The number of rotatable bonds is 5. The maximum Gasteiger partial charge on any atom is 0.270 e. The third kappa shape index (κ3) is 6.22. The van der Waals surface area contributed by atoms with Crippen LogP contribution in [-0.4, -0.2) is 33.2 Å². The van der Waals surface area contributed by atoms with Crippen LogP contribution in [0, 0.1) is 12.8 Å². The molecule has 0 fully saturated rings. The monoisotopic (exact) mass is 382 g/mol. The first kappa shape index (κ1) is 22.4. The number of aromatic nitrogens is 3. The van der Waals surface area contributed by atoms with Gasteiger partial charge in [-0.05, 0) is 56.4 Å². The summed E-state index contributed by atoms with van der Waals surface area (Å²) in [4.78, 5) is 25.6. The topological polar surface area (TPSA) is 67.8 Å². The zero-order valence-electron chi connectivity index (χ0n) is 16.5. The van der Waals surface area contributed by atoms with Gasteiger partial charge in [0, 0.05) is 24.9 Å². The lowest BCUT2D eigenvalue weighted by atomic mass is 10.0. The third-order valence-corrected chi connectivity index (χ3v) is 4.22. The normalized spacial score (nSPS) is 11.9. The number of hydrogen-bond donors (Lipinski definition) is 1. The second-order valence-corrected chi connectivity index (χ2v) is 6.70. The predicted octanol–water partition coefficient (Wildman–Crippen LogP) is 2.17. The van der Waals surface area contributed by atoms with E-state index in [1.807, 2.05) is 64.6 Å². The molecule has 0 aliphatic heterocycles. The molecule has 0 aliphatic carbocycles. The Bertz CT molecular complexity index is 902. The van der Waals surface area contributed by atoms with Gasteiger partial charge in [0.1, 0.15) is 5.69 Å². The number of thioether (sulfide) groups is 1. The lowest BCUT2D eigenvalue weighted by Crippen LogP contribution is -2.37. The summed E-state index contributed by atoms with van der Waals surface area (Å²) in [5.74, 6) is -0.156.